The summed E-state index contributed by atoms with van der Waals surface area (Å²) in [6, 6.07) is 18.2. The molecular formula is C32H34N4O5S. The van der Waals surface area contributed by atoms with Crippen LogP contribution in [-0.2, 0) is 10.3 Å². The zero-order valence-corrected chi connectivity index (χ0v) is 24.3. The van der Waals surface area contributed by atoms with Crippen molar-refractivity contribution in [3.63, 3.8) is 0 Å². The number of rotatable bonds is 10. The van der Waals surface area contributed by atoms with Gasteiger partial charge >= 0.3 is 0 Å². The minimum Gasteiger partial charge on any atom is -0.497 e. The van der Waals surface area contributed by atoms with Crippen molar-refractivity contribution in [2.24, 2.45) is 0 Å². The number of benzene rings is 2. The highest BCUT2D eigenvalue weighted by Gasteiger charge is 2.46. The molecule has 0 amide bonds. The van der Waals surface area contributed by atoms with Crippen LogP contribution in [-0.4, -0.2) is 73.2 Å². The number of hydrogen-bond acceptors (Lipinski definition) is 10. The molecule has 2 aromatic carbocycles. The molecule has 2 aliphatic rings. The molecular weight excluding hydrogens is 552 g/mol. The second-order valence-corrected chi connectivity index (χ2v) is 11.5. The summed E-state index contributed by atoms with van der Waals surface area (Å²) in [4.78, 5) is 33.9. The van der Waals surface area contributed by atoms with Crippen molar-refractivity contribution in [2.45, 2.75) is 18.0 Å². The van der Waals surface area contributed by atoms with Crippen LogP contribution >= 0.6 is 11.8 Å². The van der Waals surface area contributed by atoms with E-state index < -0.39 is 5.54 Å². The van der Waals surface area contributed by atoms with E-state index in [0.717, 1.165) is 36.6 Å². The largest absolute Gasteiger partial charge is 0.497 e. The summed E-state index contributed by atoms with van der Waals surface area (Å²) in [5.41, 5.74) is 1.17. The van der Waals surface area contributed by atoms with E-state index in [4.69, 9.17) is 13.9 Å². The van der Waals surface area contributed by atoms with Gasteiger partial charge in [-0.25, -0.2) is 0 Å². The van der Waals surface area contributed by atoms with Gasteiger partial charge in [-0.15, -0.1) is 11.8 Å². The summed E-state index contributed by atoms with van der Waals surface area (Å²) in [6.45, 7) is 3.25. The number of thioether (sulfide) groups is 1. The Labute approximate surface area is 248 Å². The first-order chi connectivity index (χ1) is 20.6. The van der Waals surface area contributed by atoms with Crippen molar-refractivity contribution in [1.82, 2.24) is 20.5 Å². The minimum atomic E-state index is -0.731. The van der Waals surface area contributed by atoms with Gasteiger partial charge < -0.3 is 19.2 Å². The van der Waals surface area contributed by atoms with Gasteiger partial charge in [0.25, 0.3) is 0 Å². The van der Waals surface area contributed by atoms with Crippen LogP contribution in [0.3, 0.4) is 0 Å². The Kier molecular flexibility index (Phi) is 8.57. The molecule has 2 atom stereocenters. The Morgan fingerprint density at radius 3 is 2.83 bits per heavy atom. The molecule has 0 aliphatic carbocycles. The van der Waals surface area contributed by atoms with Crippen LogP contribution in [0.2, 0.25) is 0 Å². The molecule has 1 unspecified atom stereocenters. The molecule has 0 bridgehead atoms. The number of nitrogens with zero attached hydrogens (tertiary/aromatic N) is 2. The summed E-state index contributed by atoms with van der Waals surface area (Å²) in [5, 5.41) is 7.34. The fourth-order valence-electron chi connectivity index (χ4n) is 5.67. The third kappa shape index (κ3) is 5.67. The lowest BCUT2D eigenvalue weighted by Crippen LogP contribution is -2.61. The molecule has 2 fully saturated rings. The number of ketones is 1. The van der Waals surface area contributed by atoms with Crippen LogP contribution < -0.4 is 25.5 Å². The number of carbonyl (C=O) groups is 1. The lowest BCUT2D eigenvalue weighted by Gasteiger charge is -2.37. The van der Waals surface area contributed by atoms with Crippen molar-refractivity contribution in [2.75, 3.05) is 51.5 Å². The first kappa shape index (κ1) is 28.4. The molecule has 2 aromatic heterocycles. The van der Waals surface area contributed by atoms with Crippen LogP contribution in [0.25, 0.3) is 22.3 Å². The zero-order valence-electron chi connectivity index (χ0n) is 23.5. The number of ether oxygens (including phenoxy) is 2. The number of hydrogen-bond donors (Lipinski definition) is 2. The standard InChI is InChI=1S/C32H34N4O5S/c1-39-24-10-11-25-27(17-24)41-29(22-7-3-2-4-8-22)30(28(25)37)40-16-6-14-36-15-13-34-26(19-36)31(38)32(20-42-21-35-32)23-9-5-12-33-18-23/h2-5,7-12,17-18,26,34-35H,6,13-16,19-21H2,1H3/t26?,32-/m1/s1. The molecule has 4 aromatic rings. The smallest absolute Gasteiger partial charge is 0.235 e. The van der Waals surface area contributed by atoms with Crippen LogP contribution in [0, 0.1) is 0 Å². The van der Waals surface area contributed by atoms with Crippen molar-refractivity contribution in [3.8, 4) is 22.8 Å². The Morgan fingerprint density at radius 1 is 1.19 bits per heavy atom. The van der Waals surface area contributed by atoms with Gasteiger partial charge in [-0.05, 0) is 30.2 Å². The summed E-state index contributed by atoms with van der Waals surface area (Å²) in [6.07, 6.45) is 4.21. The molecule has 2 aliphatic heterocycles. The Bertz CT molecular complexity index is 1590. The van der Waals surface area contributed by atoms with E-state index in [2.05, 4.69) is 20.5 Å². The molecule has 0 radical (unpaired) electrons. The monoisotopic (exact) mass is 586 g/mol. The molecule has 9 nitrogen and oxygen atoms in total. The van der Waals surface area contributed by atoms with Gasteiger partial charge in [0, 0.05) is 61.8 Å². The minimum absolute atomic E-state index is 0.152. The summed E-state index contributed by atoms with van der Waals surface area (Å²) < 4.78 is 17.7. The van der Waals surface area contributed by atoms with Crippen molar-refractivity contribution in [3.05, 3.63) is 88.8 Å². The molecule has 42 heavy (non-hydrogen) atoms. The predicted molar refractivity (Wildman–Crippen MR) is 164 cm³/mol. The molecule has 0 spiro atoms. The first-order valence-electron chi connectivity index (χ1n) is 14.2. The number of piperazine rings is 1. The summed E-state index contributed by atoms with van der Waals surface area (Å²) in [5.74, 6) is 2.79. The molecule has 218 valence electrons. The highest BCUT2D eigenvalue weighted by atomic mass is 32.2. The van der Waals surface area contributed by atoms with Crippen LogP contribution in [0.5, 0.6) is 11.5 Å². The van der Waals surface area contributed by atoms with E-state index >= 15 is 0 Å². The van der Waals surface area contributed by atoms with Gasteiger partial charge in [-0.2, -0.15) is 0 Å². The molecule has 4 heterocycles. The molecule has 2 N–H and O–H groups in total. The van der Waals surface area contributed by atoms with Crippen molar-refractivity contribution in [1.29, 1.82) is 0 Å². The van der Waals surface area contributed by atoms with Gasteiger partial charge in [0.15, 0.2) is 11.5 Å². The average Bonchev–Trinajstić information content (AvgIpc) is 3.55. The van der Waals surface area contributed by atoms with E-state index in [-0.39, 0.29) is 23.0 Å². The third-order valence-electron chi connectivity index (χ3n) is 7.90. The lowest BCUT2D eigenvalue weighted by atomic mass is 9.84. The third-order valence-corrected chi connectivity index (χ3v) is 8.89. The first-order valence-corrected chi connectivity index (χ1v) is 15.3. The molecule has 2 saturated heterocycles. The second-order valence-electron chi connectivity index (χ2n) is 10.5. The maximum atomic E-state index is 13.9. The fraction of sp³-hybridized carbons (Fsp3) is 0.344. The quantitative estimate of drug-likeness (QED) is 0.268. The van der Waals surface area contributed by atoms with Crippen molar-refractivity contribution < 1.29 is 18.7 Å². The number of pyridine rings is 1. The number of carbonyl (C=O) groups excluding carboxylic acids is 1. The topological polar surface area (TPSA) is 106 Å². The second kappa shape index (κ2) is 12.7. The Morgan fingerprint density at radius 2 is 2.07 bits per heavy atom. The Hall–Kier alpha value is -3.70. The van der Waals surface area contributed by atoms with Gasteiger partial charge in [0.1, 0.15) is 16.9 Å². The number of Topliss-reactive ketones (excluding diaryl/α,β-unsaturated/α-hetero) is 1. The SMILES string of the molecule is COc1ccc2c(=O)c(OCCCN3CCNC(C(=O)[C@]4(c5cccnc5)CSCN4)C3)c(-c3ccccc3)oc2c1. The van der Waals surface area contributed by atoms with Gasteiger partial charge in [0.05, 0.1) is 25.1 Å². The lowest BCUT2D eigenvalue weighted by molar-refractivity contribution is -0.128. The normalized spacial score (nSPS) is 20.9. The summed E-state index contributed by atoms with van der Waals surface area (Å²) >= 11 is 1.73. The number of methoxy groups -OCH3 is 1. The highest BCUT2D eigenvalue weighted by molar-refractivity contribution is 7.99. The number of fused-ring (bicyclic) bond motifs is 1. The van der Waals surface area contributed by atoms with Gasteiger partial charge in [-0.3, -0.25) is 24.8 Å². The molecule has 10 heteroatoms. The van der Waals surface area contributed by atoms with Gasteiger partial charge in [-0.1, -0.05) is 36.4 Å². The predicted octanol–water partition coefficient (Wildman–Crippen LogP) is 3.66. The van der Waals surface area contributed by atoms with E-state index in [1.807, 2.05) is 42.5 Å². The van der Waals surface area contributed by atoms with Crippen LogP contribution in [0.4, 0.5) is 0 Å². The van der Waals surface area contributed by atoms with E-state index in [1.54, 1.807) is 49.5 Å². The highest BCUT2D eigenvalue weighted by Crippen LogP contribution is 2.34. The van der Waals surface area contributed by atoms with Gasteiger partial charge in [0.2, 0.25) is 11.2 Å². The fourth-order valence-corrected chi connectivity index (χ4v) is 6.84. The van der Waals surface area contributed by atoms with Crippen LogP contribution in [0.15, 0.2) is 82.3 Å². The van der Waals surface area contributed by atoms with Crippen LogP contribution in [0.1, 0.15) is 12.0 Å². The molecule has 0 saturated carbocycles. The van der Waals surface area contributed by atoms with E-state index in [1.165, 1.54) is 0 Å². The number of aromatic nitrogens is 1. The van der Waals surface area contributed by atoms with Crippen molar-refractivity contribution >= 4 is 28.5 Å². The maximum Gasteiger partial charge on any atom is 0.235 e. The summed E-state index contributed by atoms with van der Waals surface area (Å²) in [7, 11) is 1.58. The molecule has 6 rings (SSSR count). The maximum absolute atomic E-state index is 13.9. The zero-order chi connectivity index (χ0) is 28.9. The van der Waals surface area contributed by atoms with E-state index in [0.29, 0.717) is 47.8 Å². The average molecular weight is 587 g/mol. The Balaban J connectivity index is 1.14. The van der Waals surface area contributed by atoms with E-state index in [9.17, 15) is 9.59 Å². The number of nitrogens with one attached hydrogen (secondary N) is 2.